The summed E-state index contributed by atoms with van der Waals surface area (Å²) in [5, 5.41) is 0.895. The van der Waals surface area contributed by atoms with Gasteiger partial charge in [0.05, 0.1) is 5.59 Å². The molecule has 0 amide bonds. The molecule has 194 valence electrons. The number of fused-ring (bicyclic) bond motifs is 8. The van der Waals surface area contributed by atoms with Crippen molar-refractivity contribution >= 4 is 75.3 Å². The van der Waals surface area contributed by atoms with E-state index in [1.54, 1.807) is 11.8 Å². The third kappa shape index (κ3) is 2.97. The van der Waals surface area contributed by atoms with Gasteiger partial charge in [-0.1, -0.05) is 78.5 Å². The predicted octanol–water partition coefficient (Wildman–Crippen LogP) is 3.97. The summed E-state index contributed by atoms with van der Waals surface area (Å²) in [5.41, 5.74) is 9.90. The minimum atomic E-state index is -0.121. The van der Waals surface area contributed by atoms with E-state index in [2.05, 4.69) is 89.8 Å². The zero-order chi connectivity index (χ0) is 27.4. The molecule has 0 saturated heterocycles. The summed E-state index contributed by atoms with van der Waals surface area (Å²) in [4.78, 5) is 14.3. The fraction of sp³-hybridized carbons (Fsp3) is 0. The highest BCUT2D eigenvalue weighted by atomic mass is 32.2. The standard InChI is InChI=1S/C34H19B2N3O2S/c1-2-10-20(11-3-1)39-23-14-6-4-12-21(23)35-29-24(39)15-8-19-28(29)42-34-32(35)37-31-33(38-34)41-27-18-9-17-26-30(27)36(31)22-13-5-7-16-25(22)40-26/h1-19H. The van der Waals surface area contributed by atoms with E-state index < -0.39 is 0 Å². The largest absolute Gasteiger partial charge is 0.458 e. The summed E-state index contributed by atoms with van der Waals surface area (Å²) in [7, 11) is 0. The zero-order valence-electron chi connectivity index (χ0n) is 22.2. The molecule has 0 atom stereocenters. The molecule has 10 rings (SSSR count). The maximum absolute atomic E-state index is 6.47. The number of anilines is 3. The van der Waals surface area contributed by atoms with Gasteiger partial charge in [-0.2, -0.15) is 0 Å². The average molecular weight is 555 g/mol. The smallest absolute Gasteiger partial charge is 0.286 e. The van der Waals surface area contributed by atoms with E-state index in [9.17, 15) is 0 Å². The van der Waals surface area contributed by atoms with Crippen LogP contribution in [-0.4, -0.2) is 23.4 Å². The quantitative estimate of drug-likeness (QED) is 0.286. The van der Waals surface area contributed by atoms with Crippen molar-refractivity contribution in [3.05, 3.63) is 115 Å². The number of hydrogen-bond acceptors (Lipinski definition) is 6. The molecule has 5 nitrogen and oxygen atoms in total. The van der Waals surface area contributed by atoms with Crippen LogP contribution in [0.25, 0.3) is 0 Å². The van der Waals surface area contributed by atoms with Gasteiger partial charge in [0.1, 0.15) is 22.3 Å². The van der Waals surface area contributed by atoms with Crippen molar-refractivity contribution in [2.75, 3.05) is 4.90 Å². The lowest BCUT2D eigenvalue weighted by Crippen LogP contribution is -2.65. The molecule has 0 saturated carbocycles. The van der Waals surface area contributed by atoms with Crippen molar-refractivity contribution in [2.45, 2.75) is 9.92 Å². The predicted molar refractivity (Wildman–Crippen MR) is 170 cm³/mol. The minimum Gasteiger partial charge on any atom is -0.458 e. The summed E-state index contributed by atoms with van der Waals surface area (Å²) >= 11 is 1.68. The summed E-state index contributed by atoms with van der Waals surface area (Å²) in [5.74, 6) is 3.01. The molecule has 4 aliphatic heterocycles. The molecule has 0 unspecified atom stereocenters. The van der Waals surface area contributed by atoms with Crippen molar-refractivity contribution < 1.29 is 9.47 Å². The van der Waals surface area contributed by atoms with Crippen molar-refractivity contribution in [3.63, 3.8) is 0 Å². The third-order valence-corrected chi connectivity index (χ3v) is 9.75. The first-order valence-corrected chi connectivity index (χ1v) is 14.9. The lowest BCUT2D eigenvalue weighted by atomic mass is 9.35. The Morgan fingerprint density at radius 2 is 1.24 bits per heavy atom. The van der Waals surface area contributed by atoms with Crippen LogP contribution in [0.2, 0.25) is 0 Å². The van der Waals surface area contributed by atoms with Gasteiger partial charge in [0.2, 0.25) is 5.88 Å². The third-order valence-electron chi connectivity index (χ3n) is 8.68. The van der Waals surface area contributed by atoms with E-state index >= 15 is 0 Å². The molecule has 4 aliphatic rings. The molecule has 0 spiro atoms. The first kappa shape index (κ1) is 22.7. The van der Waals surface area contributed by atoms with Crippen LogP contribution in [0.1, 0.15) is 0 Å². The molecule has 0 aliphatic carbocycles. The van der Waals surface area contributed by atoms with Crippen LogP contribution in [0, 0.1) is 0 Å². The summed E-state index contributed by atoms with van der Waals surface area (Å²) < 4.78 is 12.8. The van der Waals surface area contributed by atoms with E-state index in [-0.39, 0.29) is 13.4 Å². The number of benzene rings is 5. The maximum atomic E-state index is 6.47. The molecule has 42 heavy (non-hydrogen) atoms. The van der Waals surface area contributed by atoms with Gasteiger partial charge in [0, 0.05) is 33.0 Å². The summed E-state index contributed by atoms with van der Waals surface area (Å²) in [6, 6.07) is 40.1. The molecule has 0 bridgehead atoms. The van der Waals surface area contributed by atoms with Crippen molar-refractivity contribution in [3.8, 4) is 23.1 Å². The Kier molecular flexibility index (Phi) is 4.49. The molecule has 0 radical (unpaired) electrons. The summed E-state index contributed by atoms with van der Waals surface area (Å²) in [6.07, 6.45) is 0. The second-order valence-electron chi connectivity index (χ2n) is 10.9. The Hall–Kier alpha value is -4.94. The van der Waals surface area contributed by atoms with Crippen molar-refractivity contribution in [2.24, 2.45) is 0 Å². The molecular weight excluding hydrogens is 536 g/mol. The van der Waals surface area contributed by atoms with Crippen LogP contribution < -0.4 is 47.4 Å². The highest BCUT2D eigenvalue weighted by molar-refractivity contribution is 8.00. The number of hydrogen-bond donors (Lipinski definition) is 0. The second kappa shape index (κ2) is 8.30. The van der Waals surface area contributed by atoms with Crippen molar-refractivity contribution in [1.82, 2.24) is 9.97 Å². The lowest BCUT2D eigenvalue weighted by molar-refractivity contribution is 0.448. The van der Waals surface area contributed by atoms with Crippen LogP contribution in [0.5, 0.6) is 23.1 Å². The van der Waals surface area contributed by atoms with Crippen molar-refractivity contribution in [1.29, 1.82) is 0 Å². The van der Waals surface area contributed by atoms with E-state index in [1.807, 2.05) is 30.3 Å². The van der Waals surface area contributed by atoms with Crippen LogP contribution in [0.4, 0.5) is 17.1 Å². The SMILES string of the molecule is c1ccc(N2c3ccccc3B3c4nc5c(nc4Sc4cccc2c43)Oc2cccc3c2B5c2ccccc2O3)cc1. The second-order valence-corrected chi connectivity index (χ2v) is 11.9. The van der Waals surface area contributed by atoms with Gasteiger partial charge in [0.25, 0.3) is 13.4 Å². The lowest BCUT2D eigenvalue weighted by Gasteiger charge is -2.40. The highest BCUT2D eigenvalue weighted by Crippen LogP contribution is 2.41. The van der Waals surface area contributed by atoms with Crippen LogP contribution >= 0.6 is 11.8 Å². The van der Waals surface area contributed by atoms with Gasteiger partial charge >= 0.3 is 0 Å². The van der Waals surface area contributed by atoms with Gasteiger partial charge in [-0.3, -0.25) is 4.98 Å². The van der Waals surface area contributed by atoms with Crippen LogP contribution in [0.3, 0.4) is 0 Å². The molecular formula is C34H19B2N3O2S. The first-order valence-electron chi connectivity index (χ1n) is 14.1. The van der Waals surface area contributed by atoms with E-state index in [1.165, 1.54) is 21.5 Å². The number of nitrogens with zero attached hydrogens (tertiary/aromatic N) is 3. The molecule has 6 aromatic rings. The number of aromatic nitrogens is 2. The Balaban J connectivity index is 1.23. The fourth-order valence-corrected chi connectivity index (χ4v) is 8.07. The molecule has 0 N–H and O–H groups in total. The Bertz CT molecular complexity index is 2120. The number of ether oxygens (including phenoxy) is 2. The maximum Gasteiger partial charge on any atom is 0.286 e. The minimum absolute atomic E-state index is 0.0480. The van der Waals surface area contributed by atoms with Crippen LogP contribution in [0.15, 0.2) is 125 Å². The zero-order valence-corrected chi connectivity index (χ0v) is 23.0. The first-order chi connectivity index (χ1) is 20.8. The van der Waals surface area contributed by atoms with E-state index in [4.69, 9.17) is 19.4 Å². The monoisotopic (exact) mass is 555 g/mol. The topological polar surface area (TPSA) is 47.5 Å². The van der Waals surface area contributed by atoms with Gasteiger partial charge in [0.15, 0.2) is 0 Å². The van der Waals surface area contributed by atoms with Crippen LogP contribution in [-0.2, 0) is 0 Å². The molecule has 1 aromatic heterocycles. The Labute approximate surface area is 247 Å². The van der Waals surface area contributed by atoms with E-state index in [0.29, 0.717) is 5.88 Å². The van der Waals surface area contributed by atoms with Gasteiger partial charge < -0.3 is 14.4 Å². The summed E-state index contributed by atoms with van der Waals surface area (Å²) in [6.45, 7) is -0.169. The molecule has 5 aromatic carbocycles. The van der Waals surface area contributed by atoms with Gasteiger partial charge in [-0.25, -0.2) is 4.98 Å². The van der Waals surface area contributed by atoms with Gasteiger partial charge in [-0.05, 0) is 64.9 Å². The van der Waals surface area contributed by atoms with Gasteiger partial charge in [-0.15, -0.1) is 0 Å². The number of rotatable bonds is 1. The fourth-order valence-electron chi connectivity index (χ4n) is 6.99. The Morgan fingerprint density at radius 3 is 2.14 bits per heavy atom. The molecule has 8 heteroatoms. The number of para-hydroxylation sites is 3. The van der Waals surface area contributed by atoms with E-state index in [0.717, 1.165) is 55.8 Å². The average Bonchev–Trinajstić information content (AvgIpc) is 3.04. The normalized spacial score (nSPS) is 14.3. The molecule has 5 heterocycles. The Morgan fingerprint density at radius 1 is 0.548 bits per heavy atom. The molecule has 0 fully saturated rings. The highest BCUT2D eigenvalue weighted by Gasteiger charge is 2.46.